The predicted octanol–water partition coefficient (Wildman–Crippen LogP) is -0.361. The van der Waals surface area contributed by atoms with Gasteiger partial charge in [-0.25, -0.2) is 9.97 Å². The normalized spacial score (nSPS) is 33.2. The number of carbonyl (C=O) groups excluding carboxylic acids is 1. The maximum atomic E-state index is 12.1. The number of aliphatic hydroxyl groups excluding tert-OH is 2. The van der Waals surface area contributed by atoms with Crippen LogP contribution in [0.1, 0.15) is 34.7 Å². The smallest absolute Gasteiger partial charge is 0.270 e. The van der Waals surface area contributed by atoms with E-state index in [1.807, 2.05) is 6.92 Å². The van der Waals surface area contributed by atoms with Gasteiger partial charge in [0.15, 0.2) is 0 Å². The third kappa shape index (κ3) is 2.48. The molecule has 0 aromatic carbocycles. The third-order valence-electron chi connectivity index (χ3n) is 5.38. The Bertz CT molecular complexity index is 632. The number of aliphatic hydroxyl groups is 2. The molecule has 1 saturated heterocycles. The number of anilines is 1. The molecule has 3 N–H and O–H groups in total. The number of carbonyl (C=O) groups is 1. The lowest BCUT2D eigenvalue weighted by molar-refractivity contribution is -0.0372. The highest BCUT2D eigenvalue weighted by atomic mass is 16.3. The minimum absolute atomic E-state index is 0.125. The molecule has 7 nitrogen and oxygen atoms in total. The first kappa shape index (κ1) is 14.8. The fourth-order valence-corrected chi connectivity index (χ4v) is 4.23. The maximum absolute atomic E-state index is 12.1. The van der Waals surface area contributed by atoms with E-state index in [1.54, 1.807) is 0 Å². The van der Waals surface area contributed by atoms with Crippen molar-refractivity contribution in [1.82, 2.24) is 15.3 Å². The van der Waals surface area contributed by atoms with Crippen LogP contribution in [0.4, 0.5) is 5.82 Å². The summed E-state index contributed by atoms with van der Waals surface area (Å²) < 4.78 is 0. The second kappa shape index (κ2) is 5.42. The van der Waals surface area contributed by atoms with E-state index in [-0.39, 0.29) is 5.91 Å². The van der Waals surface area contributed by atoms with E-state index in [0.717, 1.165) is 30.9 Å². The lowest BCUT2D eigenvalue weighted by Gasteiger charge is -2.31. The topological polar surface area (TPSA) is 98.6 Å². The van der Waals surface area contributed by atoms with Crippen molar-refractivity contribution in [2.75, 3.05) is 24.5 Å². The Labute approximate surface area is 134 Å². The van der Waals surface area contributed by atoms with Crippen LogP contribution in [-0.4, -0.2) is 57.9 Å². The van der Waals surface area contributed by atoms with E-state index in [1.165, 1.54) is 0 Å². The summed E-state index contributed by atoms with van der Waals surface area (Å²) in [5.41, 5.74) is 1.42. The molecule has 2 aliphatic heterocycles. The minimum atomic E-state index is -0.622. The number of hydrogen-bond acceptors (Lipinski definition) is 6. The predicted molar refractivity (Wildman–Crippen MR) is 83.2 cm³/mol. The summed E-state index contributed by atoms with van der Waals surface area (Å²) in [6.45, 7) is 4.06. The third-order valence-corrected chi connectivity index (χ3v) is 5.38. The summed E-state index contributed by atoms with van der Waals surface area (Å²) >= 11 is 0. The van der Waals surface area contributed by atoms with E-state index in [2.05, 4.69) is 20.2 Å². The first-order valence-corrected chi connectivity index (χ1v) is 8.29. The Morgan fingerprint density at radius 2 is 1.78 bits per heavy atom. The van der Waals surface area contributed by atoms with Gasteiger partial charge in [-0.05, 0) is 38.0 Å². The molecule has 7 heteroatoms. The van der Waals surface area contributed by atoms with Crippen molar-refractivity contribution in [2.24, 2.45) is 11.8 Å². The Morgan fingerprint density at radius 3 is 2.43 bits per heavy atom. The zero-order valence-corrected chi connectivity index (χ0v) is 13.2. The molecule has 1 aromatic rings. The number of nitrogens with one attached hydrogen (secondary N) is 1. The lowest BCUT2D eigenvalue weighted by atomic mass is 9.79. The number of hydrogen-bond donors (Lipinski definition) is 3. The molecule has 1 amide bonds. The molecule has 1 aromatic heterocycles. The highest BCUT2D eigenvalue weighted by Crippen LogP contribution is 2.39. The fraction of sp³-hybridized carbons (Fsp3) is 0.688. The Morgan fingerprint density at radius 1 is 1.13 bits per heavy atom. The van der Waals surface area contributed by atoms with Gasteiger partial charge in [0, 0.05) is 25.2 Å². The number of aryl methyl sites for hydroxylation is 1. The van der Waals surface area contributed by atoms with Gasteiger partial charge in [-0.15, -0.1) is 0 Å². The highest BCUT2D eigenvalue weighted by Gasteiger charge is 2.42. The van der Waals surface area contributed by atoms with Crippen molar-refractivity contribution in [1.29, 1.82) is 0 Å². The van der Waals surface area contributed by atoms with Crippen LogP contribution in [0.15, 0.2) is 0 Å². The van der Waals surface area contributed by atoms with Crippen LogP contribution < -0.4 is 10.2 Å². The molecule has 1 aliphatic carbocycles. The molecule has 3 aliphatic rings. The Hall–Kier alpha value is -1.73. The van der Waals surface area contributed by atoms with E-state index in [4.69, 9.17) is 0 Å². The van der Waals surface area contributed by atoms with Gasteiger partial charge in [0.1, 0.15) is 17.3 Å². The molecule has 4 rings (SSSR count). The lowest BCUT2D eigenvalue weighted by Crippen LogP contribution is -2.38. The molecular formula is C16H22N4O3. The van der Waals surface area contributed by atoms with Gasteiger partial charge < -0.3 is 20.4 Å². The maximum Gasteiger partial charge on any atom is 0.270 e. The standard InChI is InChI=1S/C16H22N4O3/c1-8-18-14-11(2-3-17-16(14)23)15(19-8)20-6-9-4-12(21)13(22)5-10(9)7-20/h9-10,12-13,21-22H,2-7H2,1H3,(H,17,23)/t9-,10+,12-,13-/m0/s1. The van der Waals surface area contributed by atoms with E-state index >= 15 is 0 Å². The summed E-state index contributed by atoms with van der Waals surface area (Å²) in [6.07, 6.45) is 0.767. The van der Waals surface area contributed by atoms with Crippen LogP contribution in [0.2, 0.25) is 0 Å². The van der Waals surface area contributed by atoms with Crippen molar-refractivity contribution < 1.29 is 15.0 Å². The molecule has 1 saturated carbocycles. The molecule has 0 unspecified atom stereocenters. The van der Waals surface area contributed by atoms with Gasteiger partial charge in [-0.3, -0.25) is 4.79 Å². The molecule has 3 heterocycles. The van der Waals surface area contributed by atoms with Crippen LogP contribution in [-0.2, 0) is 6.42 Å². The average molecular weight is 318 g/mol. The quantitative estimate of drug-likeness (QED) is 0.654. The second-order valence-electron chi connectivity index (χ2n) is 6.96. The molecule has 0 bridgehead atoms. The number of aromatic nitrogens is 2. The minimum Gasteiger partial charge on any atom is -0.390 e. The SMILES string of the molecule is Cc1nc2c(c(N3C[C@H]4C[C@H](O)[C@@H](O)C[C@H]4C3)n1)CCNC2=O. The zero-order valence-electron chi connectivity index (χ0n) is 13.2. The van der Waals surface area contributed by atoms with Crippen LogP contribution in [0, 0.1) is 18.8 Å². The van der Waals surface area contributed by atoms with E-state index in [9.17, 15) is 15.0 Å². The molecule has 2 fully saturated rings. The molecule has 124 valence electrons. The van der Waals surface area contributed by atoms with E-state index < -0.39 is 12.2 Å². The molecule has 0 spiro atoms. The van der Waals surface area contributed by atoms with Gasteiger partial charge >= 0.3 is 0 Å². The van der Waals surface area contributed by atoms with E-state index in [0.29, 0.717) is 42.7 Å². The number of amides is 1. The molecule has 4 atom stereocenters. The van der Waals surface area contributed by atoms with Gasteiger partial charge in [0.05, 0.1) is 12.2 Å². The Kier molecular flexibility index (Phi) is 3.50. The second-order valence-corrected chi connectivity index (χ2v) is 6.96. The van der Waals surface area contributed by atoms with Crippen molar-refractivity contribution in [3.63, 3.8) is 0 Å². The molecule has 0 radical (unpaired) electrons. The van der Waals surface area contributed by atoms with Crippen LogP contribution in [0.3, 0.4) is 0 Å². The largest absolute Gasteiger partial charge is 0.390 e. The number of nitrogens with zero attached hydrogens (tertiary/aromatic N) is 3. The summed E-state index contributed by atoms with van der Waals surface area (Å²) in [6, 6.07) is 0. The monoisotopic (exact) mass is 318 g/mol. The van der Waals surface area contributed by atoms with Crippen molar-refractivity contribution in [3.8, 4) is 0 Å². The van der Waals surface area contributed by atoms with Crippen molar-refractivity contribution in [3.05, 3.63) is 17.1 Å². The van der Waals surface area contributed by atoms with Gasteiger partial charge in [-0.1, -0.05) is 0 Å². The summed E-state index contributed by atoms with van der Waals surface area (Å²) in [4.78, 5) is 23.2. The Balaban J connectivity index is 1.66. The highest BCUT2D eigenvalue weighted by molar-refractivity contribution is 5.96. The van der Waals surface area contributed by atoms with Crippen molar-refractivity contribution in [2.45, 2.75) is 38.4 Å². The van der Waals surface area contributed by atoms with Gasteiger partial charge in [0.2, 0.25) is 0 Å². The van der Waals surface area contributed by atoms with Crippen LogP contribution in [0.5, 0.6) is 0 Å². The summed E-state index contributed by atoms with van der Waals surface area (Å²) in [5, 5.41) is 22.6. The van der Waals surface area contributed by atoms with Gasteiger partial charge in [0.25, 0.3) is 5.91 Å². The first-order chi connectivity index (χ1) is 11.0. The van der Waals surface area contributed by atoms with Crippen LogP contribution >= 0.6 is 0 Å². The molecular weight excluding hydrogens is 296 g/mol. The fourth-order valence-electron chi connectivity index (χ4n) is 4.23. The van der Waals surface area contributed by atoms with Crippen molar-refractivity contribution >= 4 is 11.7 Å². The van der Waals surface area contributed by atoms with Crippen LogP contribution in [0.25, 0.3) is 0 Å². The first-order valence-electron chi connectivity index (χ1n) is 8.29. The number of fused-ring (bicyclic) bond motifs is 2. The average Bonchev–Trinajstić information content (AvgIpc) is 2.90. The summed E-state index contributed by atoms with van der Waals surface area (Å²) in [7, 11) is 0. The van der Waals surface area contributed by atoms with Gasteiger partial charge in [-0.2, -0.15) is 0 Å². The zero-order chi connectivity index (χ0) is 16.1. The summed E-state index contributed by atoms with van der Waals surface area (Å²) in [5.74, 6) is 2.08. The molecule has 23 heavy (non-hydrogen) atoms. The number of rotatable bonds is 1.